The number of nitrogens with two attached hydrogens (primary N) is 1. The summed E-state index contributed by atoms with van der Waals surface area (Å²) < 4.78 is 9.29. The molecule has 0 saturated carbocycles. The van der Waals surface area contributed by atoms with Gasteiger partial charge in [-0.25, -0.2) is 0 Å². The van der Waals surface area contributed by atoms with Crippen LogP contribution in [0.1, 0.15) is 37.6 Å². The lowest BCUT2D eigenvalue weighted by Gasteiger charge is -2.34. The summed E-state index contributed by atoms with van der Waals surface area (Å²) in [6, 6.07) is 0. The summed E-state index contributed by atoms with van der Waals surface area (Å²) in [7, 11) is 0. The van der Waals surface area contributed by atoms with Crippen LogP contribution in [0.5, 0.6) is 0 Å². The Kier molecular flexibility index (Phi) is 3.48. The van der Waals surface area contributed by atoms with Crippen LogP contribution >= 0.6 is 15.9 Å². The minimum atomic E-state index is 0.116. The van der Waals surface area contributed by atoms with Crippen LogP contribution in [0.15, 0.2) is 4.47 Å². The number of hydrogen-bond acceptors (Lipinski definition) is 3. The van der Waals surface area contributed by atoms with Gasteiger partial charge in [-0.3, -0.25) is 4.68 Å². The predicted molar refractivity (Wildman–Crippen MR) is 78.0 cm³/mol. The monoisotopic (exact) mass is 327 g/mol. The molecule has 2 fully saturated rings. The summed E-state index contributed by atoms with van der Waals surface area (Å²) >= 11 is 3.69. The number of aromatic nitrogens is 2. The van der Waals surface area contributed by atoms with Crippen LogP contribution in [-0.4, -0.2) is 28.5 Å². The third kappa shape index (κ3) is 2.06. The summed E-state index contributed by atoms with van der Waals surface area (Å²) in [6.07, 6.45) is 5.23. The van der Waals surface area contributed by atoms with Crippen molar-refractivity contribution in [3.8, 4) is 0 Å². The average molecular weight is 328 g/mol. The van der Waals surface area contributed by atoms with Gasteiger partial charge in [-0.15, -0.1) is 0 Å². The van der Waals surface area contributed by atoms with Crippen molar-refractivity contribution in [2.45, 2.75) is 58.3 Å². The standard InChI is InChI=1S/C14H22BrN3O/c1-3-18-11(13(15)9(2)17-18)7-14(8-16)6-10-4-5-12(14)19-10/h10,12H,3-8,16H2,1-2H3. The van der Waals surface area contributed by atoms with Crippen molar-refractivity contribution in [1.82, 2.24) is 9.78 Å². The first-order valence-electron chi connectivity index (χ1n) is 7.17. The third-order valence-electron chi connectivity index (χ3n) is 4.80. The molecular weight excluding hydrogens is 306 g/mol. The molecule has 0 aromatic carbocycles. The van der Waals surface area contributed by atoms with E-state index in [9.17, 15) is 0 Å². The van der Waals surface area contributed by atoms with Gasteiger partial charge in [0.25, 0.3) is 0 Å². The summed E-state index contributed by atoms with van der Waals surface area (Å²) in [5.41, 5.74) is 8.58. The molecule has 0 aliphatic carbocycles. The van der Waals surface area contributed by atoms with Gasteiger partial charge in [0.2, 0.25) is 0 Å². The van der Waals surface area contributed by atoms with Crippen molar-refractivity contribution in [1.29, 1.82) is 0 Å². The fourth-order valence-corrected chi connectivity index (χ4v) is 4.16. The molecule has 2 N–H and O–H groups in total. The fraction of sp³-hybridized carbons (Fsp3) is 0.786. The highest BCUT2D eigenvalue weighted by Crippen LogP contribution is 2.49. The largest absolute Gasteiger partial charge is 0.374 e. The summed E-state index contributed by atoms with van der Waals surface area (Å²) in [4.78, 5) is 0. The Hall–Kier alpha value is -0.390. The number of fused-ring (bicyclic) bond motifs is 2. The lowest BCUT2D eigenvalue weighted by molar-refractivity contribution is 0.0627. The average Bonchev–Trinajstić information content (AvgIpc) is 3.08. The predicted octanol–water partition coefficient (Wildman–Crippen LogP) is 2.41. The van der Waals surface area contributed by atoms with Gasteiger partial charge in [0.05, 0.1) is 28.1 Å². The summed E-state index contributed by atoms with van der Waals surface area (Å²) in [5.74, 6) is 0. The van der Waals surface area contributed by atoms with Gasteiger partial charge >= 0.3 is 0 Å². The first-order valence-corrected chi connectivity index (χ1v) is 7.96. The maximum atomic E-state index is 6.13. The molecule has 0 radical (unpaired) electrons. The quantitative estimate of drug-likeness (QED) is 0.923. The second kappa shape index (κ2) is 4.86. The van der Waals surface area contributed by atoms with Crippen LogP contribution in [0.4, 0.5) is 0 Å². The van der Waals surface area contributed by atoms with Crippen molar-refractivity contribution in [3.63, 3.8) is 0 Å². The van der Waals surface area contributed by atoms with E-state index in [1.54, 1.807) is 0 Å². The molecule has 1 aromatic heterocycles. The Labute approximate surface area is 122 Å². The first-order chi connectivity index (χ1) is 9.09. The smallest absolute Gasteiger partial charge is 0.0738 e. The summed E-state index contributed by atoms with van der Waals surface area (Å²) in [5, 5.41) is 4.59. The Morgan fingerprint density at radius 3 is 2.84 bits per heavy atom. The molecular formula is C14H22BrN3O. The van der Waals surface area contributed by atoms with E-state index in [4.69, 9.17) is 10.5 Å². The highest BCUT2D eigenvalue weighted by Gasteiger charge is 2.52. The lowest BCUT2D eigenvalue weighted by Crippen LogP contribution is -2.42. The SMILES string of the molecule is CCn1nc(C)c(Br)c1CC1(CN)CC2CCC1O2. The zero-order chi connectivity index (χ0) is 13.6. The molecule has 19 heavy (non-hydrogen) atoms. The second-order valence-corrected chi connectivity index (χ2v) is 6.73. The van der Waals surface area contributed by atoms with Gasteiger partial charge in [0, 0.05) is 18.5 Å². The van der Waals surface area contributed by atoms with Crippen LogP contribution in [0.2, 0.25) is 0 Å². The molecule has 3 unspecified atom stereocenters. The van der Waals surface area contributed by atoms with Crippen LogP contribution < -0.4 is 5.73 Å². The zero-order valence-electron chi connectivity index (χ0n) is 11.7. The molecule has 3 heterocycles. The number of hydrogen-bond donors (Lipinski definition) is 1. The molecule has 2 aliphatic heterocycles. The van der Waals surface area contributed by atoms with E-state index in [-0.39, 0.29) is 5.41 Å². The van der Waals surface area contributed by atoms with E-state index < -0.39 is 0 Å². The topological polar surface area (TPSA) is 53.1 Å². The number of ether oxygens (including phenoxy) is 1. The van der Waals surface area contributed by atoms with E-state index in [0.29, 0.717) is 18.8 Å². The molecule has 1 aromatic rings. The van der Waals surface area contributed by atoms with Crippen LogP contribution in [0, 0.1) is 12.3 Å². The van der Waals surface area contributed by atoms with Gasteiger partial charge in [-0.1, -0.05) is 0 Å². The first kappa shape index (κ1) is 13.6. The van der Waals surface area contributed by atoms with Crippen molar-refractivity contribution < 1.29 is 4.74 Å². The normalized spacial score (nSPS) is 33.3. The molecule has 0 spiro atoms. The van der Waals surface area contributed by atoms with Crippen molar-refractivity contribution >= 4 is 15.9 Å². The Balaban J connectivity index is 1.92. The lowest BCUT2D eigenvalue weighted by atomic mass is 9.71. The molecule has 5 heteroatoms. The maximum absolute atomic E-state index is 6.13. The molecule has 2 bridgehead atoms. The van der Waals surface area contributed by atoms with E-state index in [1.165, 1.54) is 18.5 Å². The van der Waals surface area contributed by atoms with Crippen LogP contribution in [0.25, 0.3) is 0 Å². The van der Waals surface area contributed by atoms with Gasteiger partial charge in [0.15, 0.2) is 0 Å². The maximum Gasteiger partial charge on any atom is 0.0738 e. The Bertz CT molecular complexity index is 487. The molecule has 3 atom stereocenters. The minimum Gasteiger partial charge on any atom is -0.374 e. The number of nitrogens with zero attached hydrogens (tertiary/aromatic N) is 2. The van der Waals surface area contributed by atoms with Gasteiger partial charge in [0.1, 0.15) is 0 Å². The Morgan fingerprint density at radius 2 is 2.32 bits per heavy atom. The number of halogens is 1. The highest BCUT2D eigenvalue weighted by molar-refractivity contribution is 9.10. The second-order valence-electron chi connectivity index (χ2n) is 5.93. The van der Waals surface area contributed by atoms with Crippen molar-refractivity contribution in [2.24, 2.45) is 11.1 Å². The number of rotatable bonds is 4. The molecule has 0 amide bonds. The molecule has 4 nitrogen and oxygen atoms in total. The molecule has 3 rings (SSSR count). The van der Waals surface area contributed by atoms with Crippen LogP contribution in [0.3, 0.4) is 0 Å². The Morgan fingerprint density at radius 1 is 1.53 bits per heavy atom. The van der Waals surface area contributed by atoms with Crippen LogP contribution in [-0.2, 0) is 17.7 Å². The van der Waals surface area contributed by atoms with E-state index in [0.717, 1.165) is 29.6 Å². The number of aryl methyl sites for hydroxylation is 2. The summed E-state index contributed by atoms with van der Waals surface area (Å²) in [6.45, 7) is 5.78. The van der Waals surface area contributed by atoms with Gasteiger partial charge < -0.3 is 10.5 Å². The van der Waals surface area contributed by atoms with E-state index in [1.807, 2.05) is 6.92 Å². The minimum absolute atomic E-state index is 0.116. The van der Waals surface area contributed by atoms with Crippen molar-refractivity contribution in [2.75, 3.05) is 6.54 Å². The van der Waals surface area contributed by atoms with E-state index in [2.05, 4.69) is 32.6 Å². The highest BCUT2D eigenvalue weighted by atomic mass is 79.9. The van der Waals surface area contributed by atoms with Gasteiger partial charge in [-0.2, -0.15) is 5.10 Å². The zero-order valence-corrected chi connectivity index (χ0v) is 13.2. The molecule has 2 saturated heterocycles. The fourth-order valence-electron chi connectivity index (χ4n) is 3.74. The van der Waals surface area contributed by atoms with Gasteiger partial charge in [-0.05, 0) is 55.5 Å². The third-order valence-corrected chi connectivity index (χ3v) is 5.84. The molecule has 2 aliphatic rings. The molecule has 106 valence electrons. The van der Waals surface area contributed by atoms with E-state index >= 15 is 0 Å². The van der Waals surface area contributed by atoms with Crippen molar-refractivity contribution in [3.05, 3.63) is 15.9 Å².